The van der Waals surface area contributed by atoms with Gasteiger partial charge in [0.2, 0.25) is 11.8 Å². The smallest absolute Gasteiger partial charge is 0.249 e. The van der Waals surface area contributed by atoms with Crippen molar-refractivity contribution in [3.63, 3.8) is 0 Å². The Bertz CT molecular complexity index is 966. The van der Waals surface area contributed by atoms with Crippen LogP contribution in [0.4, 0.5) is 5.69 Å². The largest absolute Gasteiger partial charge is 0.492 e. The highest BCUT2D eigenvalue weighted by Gasteiger charge is 2.48. The molecule has 0 fully saturated rings. The Labute approximate surface area is 185 Å². The molecule has 2 N–H and O–H groups in total. The van der Waals surface area contributed by atoms with Crippen LogP contribution in [-0.4, -0.2) is 49.5 Å². The highest BCUT2D eigenvalue weighted by atomic mass is 16.5. The van der Waals surface area contributed by atoms with Gasteiger partial charge in [0.1, 0.15) is 12.4 Å². The fourth-order valence-corrected chi connectivity index (χ4v) is 4.98. The minimum atomic E-state index is -0.532. The number of carbonyl (C=O) groups is 2. The Morgan fingerprint density at radius 2 is 1.84 bits per heavy atom. The van der Waals surface area contributed by atoms with E-state index in [1.165, 1.54) is 0 Å². The zero-order valence-corrected chi connectivity index (χ0v) is 19.2. The van der Waals surface area contributed by atoms with Gasteiger partial charge in [0.15, 0.2) is 0 Å². The van der Waals surface area contributed by atoms with Gasteiger partial charge in [-0.05, 0) is 69.3 Å². The number of rotatable bonds is 6. The Balaban J connectivity index is 2.04. The van der Waals surface area contributed by atoms with Crippen molar-refractivity contribution in [2.75, 3.05) is 32.1 Å². The number of carbonyl (C=O) groups excluding carboxylic acids is 2. The second-order valence-electron chi connectivity index (χ2n) is 9.01. The molecule has 1 aliphatic rings. The Kier molecular flexibility index (Phi) is 6.41. The molecule has 3 rings (SSSR count). The normalized spacial score (nSPS) is 19.8. The van der Waals surface area contributed by atoms with Gasteiger partial charge in [-0.25, -0.2) is 0 Å². The quantitative estimate of drug-likeness (QED) is 0.772. The van der Waals surface area contributed by atoms with E-state index in [1.54, 1.807) is 17.9 Å². The van der Waals surface area contributed by atoms with Crippen LogP contribution in [0.2, 0.25) is 0 Å². The summed E-state index contributed by atoms with van der Waals surface area (Å²) in [4.78, 5) is 28.8. The number of ether oxygens (including phenoxy) is 1. The van der Waals surface area contributed by atoms with E-state index in [4.69, 9.17) is 10.5 Å². The molecule has 2 aromatic carbocycles. The molecule has 6 heteroatoms. The van der Waals surface area contributed by atoms with Crippen molar-refractivity contribution >= 4 is 17.5 Å². The van der Waals surface area contributed by atoms with Crippen LogP contribution in [0.3, 0.4) is 0 Å². The average Bonchev–Trinajstić information content (AvgIpc) is 2.67. The lowest BCUT2D eigenvalue weighted by Gasteiger charge is -2.52. The molecule has 0 saturated heterocycles. The van der Waals surface area contributed by atoms with Crippen molar-refractivity contribution in [3.8, 4) is 5.75 Å². The van der Waals surface area contributed by atoms with Gasteiger partial charge in [-0.15, -0.1) is 0 Å². The second kappa shape index (κ2) is 8.71. The lowest BCUT2D eigenvalue weighted by Crippen LogP contribution is -2.55. The summed E-state index contributed by atoms with van der Waals surface area (Å²) in [6.45, 7) is 9.24. The second-order valence-corrected chi connectivity index (χ2v) is 9.01. The fraction of sp³-hybridized carbons (Fsp3) is 0.440. The van der Waals surface area contributed by atoms with Gasteiger partial charge in [-0.1, -0.05) is 25.1 Å². The average molecular weight is 423 g/mol. The van der Waals surface area contributed by atoms with Crippen LogP contribution < -0.4 is 15.4 Å². The number of primary amides is 1. The Morgan fingerprint density at radius 1 is 1.19 bits per heavy atom. The maximum absolute atomic E-state index is 12.7. The predicted octanol–water partition coefficient (Wildman–Crippen LogP) is 3.56. The van der Waals surface area contributed by atoms with Crippen LogP contribution in [0.25, 0.3) is 0 Å². The van der Waals surface area contributed by atoms with E-state index in [1.807, 2.05) is 44.4 Å². The van der Waals surface area contributed by atoms with E-state index in [0.717, 1.165) is 29.1 Å². The van der Waals surface area contributed by atoms with E-state index >= 15 is 0 Å². The summed E-state index contributed by atoms with van der Waals surface area (Å²) in [5, 5.41) is 0. The van der Waals surface area contributed by atoms with Crippen LogP contribution in [0.15, 0.2) is 36.4 Å². The van der Waals surface area contributed by atoms with Gasteiger partial charge in [0.25, 0.3) is 0 Å². The number of nitrogens with two attached hydrogens (primary N) is 1. The lowest BCUT2D eigenvalue weighted by molar-refractivity contribution is -0.118. The van der Waals surface area contributed by atoms with Crippen LogP contribution in [-0.2, 0) is 4.79 Å². The molecular weight excluding hydrogens is 390 g/mol. The summed E-state index contributed by atoms with van der Waals surface area (Å²) in [6, 6.07) is 14.5. The first-order chi connectivity index (χ1) is 14.6. The SMILES string of the molecule is CC(=O)N1c2cc[c]c(C(N)=O)c2C(C)C(c2ccc(OCCN(C)C)cc2)C1(C)C. The molecule has 0 bridgehead atoms. The zero-order valence-electron chi connectivity index (χ0n) is 19.2. The first-order valence-corrected chi connectivity index (χ1v) is 10.6. The molecule has 0 aromatic heterocycles. The van der Waals surface area contributed by atoms with E-state index < -0.39 is 11.4 Å². The number of anilines is 1. The maximum atomic E-state index is 12.7. The number of hydrogen-bond acceptors (Lipinski definition) is 4. The third-order valence-corrected chi connectivity index (χ3v) is 6.16. The first-order valence-electron chi connectivity index (χ1n) is 10.6. The van der Waals surface area contributed by atoms with Crippen molar-refractivity contribution in [2.24, 2.45) is 5.73 Å². The molecule has 2 atom stereocenters. The number of amides is 2. The fourth-order valence-electron chi connectivity index (χ4n) is 4.98. The van der Waals surface area contributed by atoms with Crippen LogP contribution >= 0.6 is 0 Å². The molecule has 1 radical (unpaired) electrons. The zero-order chi connectivity index (χ0) is 22.9. The van der Waals surface area contributed by atoms with Gasteiger partial charge in [-0.3, -0.25) is 9.59 Å². The van der Waals surface area contributed by atoms with Crippen molar-refractivity contribution < 1.29 is 14.3 Å². The molecule has 2 amide bonds. The summed E-state index contributed by atoms with van der Waals surface area (Å²) in [7, 11) is 4.02. The van der Waals surface area contributed by atoms with Crippen molar-refractivity contribution in [2.45, 2.75) is 45.1 Å². The van der Waals surface area contributed by atoms with Crippen LogP contribution in [0, 0.1) is 6.07 Å². The summed E-state index contributed by atoms with van der Waals surface area (Å²) >= 11 is 0. The van der Waals surface area contributed by atoms with Gasteiger partial charge >= 0.3 is 0 Å². The van der Waals surface area contributed by atoms with Crippen molar-refractivity contribution in [3.05, 3.63) is 59.2 Å². The molecule has 0 aliphatic carbocycles. The third-order valence-electron chi connectivity index (χ3n) is 6.16. The molecule has 31 heavy (non-hydrogen) atoms. The van der Waals surface area contributed by atoms with E-state index in [-0.39, 0.29) is 17.7 Å². The van der Waals surface area contributed by atoms with Gasteiger partial charge < -0.3 is 20.3 Å². The summed E-state index contributed by atoms with van der Waals surface area (Å²) in [5.74, 6) is 0.111. The summed E-state index contributed by atoms with van der Waals surface area (Å²) in [5.41, 5.74) is 8.09. The number of benzene rings is 2. The van der Waals surface area contributed by atoms with Crippen LogP contribution in [0.5, 0.6) is 5.75 Å². The van der Waals surface area contributed by atoms with Crippen LogP contribution in [0.1, 0.15) is 61.0 Å². The standard InChI is InChI=1S/C25H32N3O3/c1-16-22-20(24(26)30)8-7-9-21(22)28(17(2)29)25(3,4)23(16)18-10-12-19(13-11-18)31-15-14-27(5)6/h7,9-13,16,23H,14-15H2,1-6H3,(H2,26,30). The molecule has 0 spiro atoms. The molecule has 6 nitrogen and oxygen atoms in total. The number of fused-ring (bicyclic) bond motifs is 1. The lowest BCUT2D eigenvalue weighted by atomic mass is 9.66. The molecule has 165 valence electrons. The maximum Gasteiger partial charge on any atom is 0.249 e. The predicted molar refractivity (Wildman–Crippen MR) is 123 cm³/mol. The summed E-state index contributed by atoms with van der Waals surface area (Å²) < 4.78 is 5.83. The van der Waals surface area contributed by atoms with Gasteiger partial charge in [0.05, 0.1) is 5.56 Å². The highest BCUT2D eigenvalue weighted by Crippen LogP contribution is 2.53. The van der Waals surface area contributed by atoms with E-state index in [9.17, 15) is 9.59 Å². The van der Waals surface area contributed by atoms with Gasteiger partial charge in [0, 0.05) is 30.6 Å². The first kappa shape index (κ1) is 22.8. The molecule has 2 unspecified atom stereocenters. The molecule has 1 heterocycles. The topological polar surface area (TPSA) is 75.9 Å². The summed E-state index contributed by atoms with van der Waals surface area (Å²) in [6.07, 6.45) is 0. The molecular formula is C25H32N3O3. The molecule has 2 aromatic rings. The Hall–Kier alpha value is -2.86. The monoisotopic (exact) mass is 422 g/mol. The highest BCUT2D eigenvalue weighted by molar-refractivity contribution is 6.00. The van der Waals surface area contributed by atoms with Crippen molar-refractivity contribution in [1.82, 2.24) is 4.90 Å². The number of likely N-dealkylation sites (N-methyl/N-ethyl adjacent to an activating group) is 1. The number of hydrogen-bond donors (Lipinski definition) is 1. The van der Waals surface area contributed by atoms with E-state index in [2.05, 4.69) is 31.7 Å². The van der Waals surface area contributed by atoms with Gasteiger partial charge in [-0.2, -0.15) is 0 Å². The molecule has 0 saturated carbocycles. The number of nitrogens with zero attached hydrogens (tertiary/aromatic N) is 2. The third kappa shape index (κ3) is 4.30. The Morgan fingerprint density at radius 3 is 2.39 bits per heavy atom. The van der Waals surface area contributed by atoms with E-state index in [0.29, 0.717) is 12.2 Å². The molecule has 1 aliphatic heterocycles. The minimum absolute atomic E-state index is 0.0407. The minimum Gasteiger partial charge on any atom is -0.492 e. The van der Waals surface area contributed by atoms with Crippen molar-refractivity contribution in [1.29, 1.82) is 0 Å².